The molecule has 0 aliphatic carbocycles. The van der Waals surface area contributed by atoms with Crippen LogP contribution in [0.25, 0.3) is 5.69 Å². The van der Waals surface area contributed by atoms with Gasteiger partial charge in [-0.1, -0.05) is 11.8 Å². The number of nitrogens with zero attached hydrogens (tertiary/aromatic N) is 8. The average molecular weight is 432 g/mol. The number of anilines is 2. The summed E-state index contributed by atoms with van der Waals surface area (Å²) in [4.78, 5) is 16.7. The number of benzene rings is 1. The van der Waals surface area contributed by atoms with Crippen molar-refractivity contribution < 1.29 is 4.39 Å². The number of nitrogens with two attached hydrogens (primary N) is 1. The lowest BCUT2D eigenvalue weighted by Crippen LogP contribution is -2.20. The fourth-order valence-corrected chi connectivity index (χ4v) is 3.60. The molecule has 1 aromatic carbocycles. The minimum absolute atomic E-state index is 0.000345. The predicted molar refractivity (Wildman–Crippen MR) is 116 cm³/mol. The molecule has 3 rings (SSSR count). The number of hydrogen-bond acceptors (Lipinski definition) is 9. The summed E-state index contributed by atoms with van der Waals surface area (Å²) in [7, 11) is 7.63. The van der Waals surface area contributed by atoms with Gasteiger partial charge in [0.2, 0.25) is 11.9 Å². The van der Waals surface area contributed by atoms with Gasteiger partial charge >= 0.3 is 0 Å². The van der Waals surface area contributed by atoms with Gasteiger partial charge in [-0.25, -0.2) is 4.39 Å². The molecule has 0 fully saturated rings. The Morgan fingerprint density at radius 1 is 1.00 bits per heavy atom. The van der Waals surface area contributed by atoms with Crippen LogP contribution < -0.4 is 10.6 Å². The standard InChI is InChI=1S/C19H26FN9S/c1-11(27(3)4)16-25-26-19(29(16)14-9-7-13(20)8-10-14)30-12(2)15-22-17(21)24-18(23-15)28(5)6/h7-12H,1-6H3,(H2,21,22,23,24)/t11-,12+/m0/s1. The largest absolute Gasteiger partial charge is 0.368 e. The summed E-state index contributed by atoms with van der Waals surface area (Å²) in [5, 5.41) is 9.31. The van der Waals surface area contributed by atoms with Gasteiger partial charge < -0.3 is 10.6 Å². The van der Waals surface area contributed by atoms with Gasteiger partial charge in [-0.3, -0.25) is 9.47 Å². The van der Waals surface area contributed by atoms with Crippen LogP contribution >= 0.6 is 11.8 Å². The Kier molecular flexibility index (Phi) is 6.52. The number of rotatable bonds is 7. The molecule has 160 valence electrons. The summed E-state index contributed by atoms with van der Waals surface area (Å²) in [6.45, 7) is 4.01. The summed E-state index contributed by atoms with van der Waals surface area (Å²) >= 11 is 1.45. The molecule has 0 unspecified atom stereocenters. The first-order chi connectivity index (χ1) is 14.2. The van der Waals surface area contributed by atoms with Crippen LogP contribution in [-0.2, 0) is 0 Å². The Bertz CT molecular complexity index is 1000. The maximum Gasteiger partial charge on any atom is 0.229 e. The quantitative estimate of drug-likeness (QED) is 0.566. The second-order valence-electron chi connectivity index (χ2n) is 7.30. The van der Waals surface area contributed by atoms with Crippen LogP contribution in [0.2, 0.25) is 0 Å². The molecule has 2 heterocycles. The lowest BCUT2D eigenvalue weighted by molar-refractivity contribution is 0.305. The van der Waals surface area contributed by atoms with E-state index in [0.717, 1.165) is 11.5 Å². The molecule has 0 spiro atoms. The molecule has 0 saturated carbocycles. The summed E-state index contributed by atoms with van der Waals surface area (Å²) in [6, 6.07) is 6.27. The van der Waals surface area contributed by atoms with E-state index in [2.05, 4.69) is 25.1 Å². The van der Waals surface area contributed by atoms with E-state index in [9.17, 15) is 4.39 Å². The Morgan fingerprint density at radius 2 is 1.67 bits per heavy atom. The zero-order valence-corrected chi connectivity index (χ0v) is 18.7. The normalized spacial score (nSPS) is 13.5. The molecule has 0 radical (unpaired) electrons. The summed E-state index contributed by atoms with van der Waals surface area (Å²) in [5.74, 6) is 1.66. The van der Waals surface area contributed by atoms with Crippen molar-refractivity contribution in [1.29, 1.82) is 0 Å². The second-order valence-corrected chi connectivity index (χ2v) is 8.61. The molecule has 0 amide bonds. The smallest absolute Gasteiger partial charge is 0.229 e. The van der Waals surface area contributed by atoms with Gasteiger partial charge in [0.15, 0.2) is 11.0 Å². The van der Waals surface area contributed by atoms with Crippen LogP contribution in [-0.4, -0.2) is 62.8 Å². The molecule has 0 aliphatic rings. The van der Waals surface area contributed by atoms with E-state index in [1.54, 1.807) is 17.0 Å². The molecule has 3 aromatic rings. The number of halogens is 1. The molecule has 0 aliphatic heterocycles. The monoisotopic (exact) mass is 431 g/mol. The van der Waals surface area contributed by atoms with Gasteiger partial charge in [0.25, 0.3) is 0 Å². The first-order valence-electron chi connectivity index (χ1n) is 9.40. The van der Waals surface area contributed by atoms with Crippen LogP contribution in [0.4, 0.5) is 16.3 Å². The number of nitrogen functional groups attached to an aromatic ring is 1. The Morgan fingerprint density at radius 3 is 2.27 bits per heavy atom. The van der Waals surface area contributed by atoms with E-state index >= 15 is 0 Å². The number of thioether (sulfide) groups is 1. The van der Waals surface area contributed by atoms with E-state index in [-0.39, 0.29) is 23.1 Å². The number of aromatic nitrogens is 6. The zero-order chi connectivity index (χ0) is 22.0. The van der Waals surface area contributed by atoms with Crippen LogP contribution in [0.15, 0.2) is 29.4 Å². The molecule has 2 aromatic heterocycles. The lowest BCUT2D eigenvalue weighted by atomic mass is 10.2. The minimum Gasteiger partial charge on any atom is -0.368 e. The highest BCUT2D eigenvalue weighted by Crippen LogP contribution is 2.35. The molecule has 2 atom stereocenters. The SMILES string of the molecule is C[C@@H](Sc1nnc([C@H](C)N(C)C)n1-c1ccc(F)cc1)c1nc(N)nc(N(C)C)n1. The van der Waals surface area contributed by atoms with Gasteiger partial charge in [0, 0.05) is 19.8 Å². The lowest BCUT2D eigenvalue weighted by Gasteiger charge is -2.21. The third kappa shape index (κ3) is 4.68. The summed E-state index contributed by atoms with van der Waals surface area (Å²) in [5.41, 5.74) is 6.65. The van der Waals surface area contributed by atoms with E-state index in [4.69, 9.17) is 5.73 Å². The fraction of sp³-hybridized carbons (Fsp3) is 0.421. The number of hydrogen-bond donors (Lipinski definition) is 1. The predicted octanol–water partition coefficient (Wildman–Crippen LogP) is 2.72. The molecular formula is C19H26FN9S. The third-order valence-corrected chi connectivity index (χ3v) is 5.63. The molecule has 0 bridgehead atoms. The highest BCUT2D eigenvalue weighted by atomic mass is 32.2. The van der Waals surface area contributed by atoms with Crippen LogP contribution in [0.3, 0.4) is 0 Å². The summed E-state index contributed by atoms with van der Waals surface area (Å²) < 4.78 is 15.4. The van der Waals surface area contributed by atoms with Gasteiger partial charge in [0.1, 0.15) is 11.6 Å². The van der Waals surface area contributed by atoms with Crippen LogP contribution in [0.5, 0.6) is 0 Å². The van der Waals surface area contributed by atoms with Crippen molar-refractivity contribution in [3.63, 3.8) is 0 Å². The van der Waals surface area contributed by atoms with E-state index in [0.29, 0.717) is 16.9 Å². The minimum atomic E-state index is -0.298. The van der Waals surface area contributed by atoms with Crippen molar-refractivity contribution in [1.82, 2.24) is 34.6 Å². The van der Waals surface area contributed by atoms with Crippen molar-refractivity contribution in [2.24, 2.45) is 0 Å². The average Bonchev–Trinajstić information content (AvgIpc) is 3.10. The van der Waals surface area contributed by atoms with Gasteiger partial charge in [-0.15, -0.1) is 10.2 Å². The van der Waals surface area contributed by atoms with E-state index in [1.807, 2.05) is 51.5 Å². The zero-order valence-electron chi connectivity index (χ0n) is 17.9. The highest BCUT2D eigenvalue weighted by Gasteiger charge is 2.24. The first kappa shape index (κ1) is 21.9. The molecule has 11 heteroatoms. The van der Waals surface area contributed by atoms with Crippen LogP contribution in [0.1, 0.15) is 36.8 Å². The first-order valence-corrected chi connectivity index (χ1v) is 10.3. The molecule has 0 saturated heterocycles. The van der Waals surface area contributed by atoms with E-state index < -0.39 is 0 Å². The van der Waals surface area contributed by atoms with Crippen molar-refractivity contribution in [3.05, 3.63) is 41.7 Å². The van der Waals surface area contributed by atoms with Crippen LogP contribution in [0, 0.1) is 5.82 Å². The van der Waals surface area contributed by atoms with Gasteiger partial charge in [0.05, 0.1) is 11.3 Å². The van der Waals surface area contributed by atoms with Gasteiger partial charge in [-0.05, 0) is 52.2 Å². The van der Waals surface area contributed by atoms with Crippen molar-refractivity contribution >= 4 is 23.7 Å². The fourth-order valence-electron chi connectivity index (χ4n) is 2.68. The highest BCUT2D eigenvalue weighted by molar-refractivity contribution is 7.99. The molecule has 9 nitrogen and oxygen atoms in total. The molecule has 30 heavy (non-hydrogen) atoms. The van der Waals surface area contributed by atoms with Crippen molar-refractivity contribution in [3.8, 4) is 5.69 Å². The Balaban J connectivity index is 2.01. The Labute approximate surface area is 179 Å². The second kappa shape index (κ2) is 8.92. The maximum absolute atomic E-state index is 13.5. The van der Waals surface area contributed by atoms with Crippen molar-refractivity contribution in [2.45, 2.75) is 30.3 Å². The van der Waals surface area contributed by atoms with Gasteiger partial charge in [-0.2, -0.15) is 15.0 Å². The third-order valence-electron chi connectivity index (χ3n) is 4.60. The van der Waals surface area contributed by atoms with Crippen molar-refractivity contribution in [2.75, 3.05) is 38.8 Å². The molecule has 2 N–H and O–H groups in total. The maximum atomic E-state index is 13.5. The summed E-state index contributed by atoms with van der Waals surface area (Å²) in [6.07, 6.45) is 0. The Hall–Kier alpha value is -2.79. The van der Waals surface area contributed by atoms with E-state index in [1.165, 1.54) is 23.9 Å². The topological polar surface area (TPSA) is 102 Å². The molecular weight excluding hydrogens is 405 g/mol.